The van der Waals surface area contributed by atoms with Gasteiger partial charge in [0.15, 0.2) is 0 Å². The quantitative estimate of drug-likeness (QED) is 0.746. The minimum atomic E-state index is -0.200. The van der Waals surface area contributed by atoms with Crippen molar-refractivity contribution in [1.82, 2.24) is 15.0 Å². The Bertz CT molecular complexity index is 518. The number of aliphatic hydroxyl groups excluding tert-OH is 2. The maximum atomic E-state index is 13.0. The van der Waals surface area contributed by atoms with Crippen LogP contribution in [-0.2, 0) is 17.8 Å². The number of pyridine rings is 1. The van der Waals surface area contributed by atoms with Gasteiger partial charge in [-0.15, -0.1) is 0 Å². The Morgan fingerprint density at radius 3 is 2.70 bits per heavy atom. The predicted molar refractivity (Wildman–Crippen MR) is 84.7 cm³/mol. The molecule has 0 saturated carbocycles. The lowest BCUT2D eigenvalue weighted by Gasteiger charge is -2.37. The molecule has 1 aromatic rings. The second-order valence-electron chi connectivity index (χ2n) is 5.45. The maximum Gasteiger partial charge on any atom is 0.270 e. The van der Waals surface area contributed by atoms with Gasteiger partial charge in [-0.3, -0.25) is 14.8 Å². The highest BCUT2D eigenvalue weighted by Gasteiger charge is 2.26. The molecule has 0 radical (unpaired) electrons. The van der Waals surface area contributed by atoms with Crippen LogP contribution in [0.2, 0.25) is 0 Å². The number of ether oxygens (including phenoxy) is 1. The number of hydrogen-bond donors (Lipinski definition) is 2. The largest absolute Gasteiger partial charge is 0.396 e. The van der Waals surface area contributed by atoms with E-state index in [1.54, 1.807) is 11.2 Å². The van der Waals surface area contributed by atoms with Crippen molar-refractivity contribution in [3.63, 3.8) is 0 Å². The number of nitrogens with zero attached hydrogens (tertiary/aromatic N) is 3. The third kappa shape index (κ3) is 4.26. The molecule has 0 atom stereocenters. The van der Waals surface area contributed by atoms with Gasteiger partial charge in [0, 0.05) is 38.6 Å². The molecule has 1 amide bonds. The van der Waals surface area contributed by atoms with E-state index in [0.29, 0.717) is 56.0 Å². The molecule has 1 aliphatic heterocycles. The molecule has 0 aliphatic carbocycles. The fraction of sp³-hybridized carbons (Fsp3) is 0.625. The molecule has 7 heteroatoms. The second kappa shape index (κ2) is 8.93. The van der Waals surface area contributed by atoms with Crippen molar-refractivity contribution in [2.75, 3.05) is 39.5 Å². The fourth-order valence-electron chi connectivity index (χ4n) is 2.78. The Kier molecular flexibility index (Phi) is 6.91. The maximum absolute atomic E-state index is 13.0. The van der Waals surface area contributed by atoms with Crippen molar-refractivity contribution in [2.24, 2.45) is 0 Å². The molecule has 0 spiro atoms. The van der Waals surface area contributed by atoms with Crippen LogP contribution in [-0.4, -0.2) is 70.6 Å². The lowest BCUT2D eigenvalue weighted by atomic mass is 10.0. The Hall–Kier alpha value is -1.54. The Balaban J connectivity index is 2.31. The highest BCUT2D eigenvalue weighted by Crippen LogP contribution is 2.18. The summed E-state index contributed by atoms with van der Waals surface area (Å²) in [7, 11) is 0. The van der Waals surface area contributed by atoms with Crippen molar-refractivity contribution in [1.29, 1.82) is 0 Å². The minimum Gasteiger partial charge on any atom is -0.396 e. The number of aliphatic hydroxyl groups is 2. The molecule has 2 heterocycles. The zero-order valence-corrected chi connectivity index (χ0v) is 13.6. The Morgan fingerprint density at radius 2 is 2.09 bits per heavy atom. The third-order valence-corrected chi connectivity index (χ3v) is 3.91. The number of rotatable bonds is 7. The number of carbonyl (C=O) groups excluding carboxylic acids is 1. The van der Waals surface area contributed by atoms with Crippen molar-refractivity contribution < 1.29 is 19.7 Å². The molecular weight excluding hydrogens is 298 g/mol. The molecule has 2 N–H and O–H groups in total. The second-order valence-corrected chi connectivity index (χ2v) is 5.45. The van der Waals surface area contributed by atoms with Gasteiger partial charge in [-0.25, -0.2) is 5.01 Å². The van der Waals surface area contributed by atoms with Crippen molar-refractivity contribution in [2.45, 2.75) is 26.4 Å². The smallest absolute Gasteiger partial charge is 0.270 e. The summed E-state index contributed by atoms with van der Waals surface area (Å²) in [5, 5.41) is 22.5. The van der Waals surface area contributed by atoms with Gasteiger partial charge < -0.3 is 14.9 Å². The van der Waals surface area contributed by atoms with Crippen LogP contribution in [0.4, 0.5) is 0 Å². The lowest BCUT2D eigenvalue weighted by molar-refractivity contribution is -0.0697. The number of amides is 1. The van der Waals surface area contributed by atoms with Gasteiger partial charge in [-0.05, 0) is 24.0 Å². The van der Waals surface area contributed by atoms with E-state index in [-0.39, 0.29) is 19.1 Å². The first-order chi connectivity index (χ1) is 11.2. The SMILES string of the molecule is CCCN(C(=O)c1cncc(CO)c1CCO)N1CCOCC1. The van der Waals surface area contributed by atoms with Crippen LogP contribution in [0.25, 0.3) is 0 Å². The summed E-state index contributed by atoms with van der Waals surface area (Å²) in [6.07, 6.45) is 4.23. The molecule has 2 rings (SSSR count). The van der Waals surface area contributed by atoms with E-state index in [0.717, 1.165) is 6.42 Å². The van der Waals surface area contributed by atoms with Gasteiger partial charge in [-0.1, -0.05) is 6.92 Å². The van der Waals surface area contributed by atoms with E-state index in [4.69, 9.17) is 4.74 Å². The van der Waals surface area contributed by atoms with Crippen LogP contribution in [0, 0.1) is 0 Å². The summed E-state index contributed by atoms with van der Waals surface area (Å²) in [4.78, 5) is 17.1. The number of aromatic nitrogens is 1. The Labute approximate surface area is 136 Å². The molecule has 1 saturated heterocycles. The monoisotopic (exact) mass is 323 g/mol. The van der Waals surface area contributed by atoms with E-state index < -0.39 is 0 Å². The zero-order chi connectivity index (χ0) is 16.7. The van der Waals surface area contributed by atoms with E-state index in [1.807, 2.05) is 11.9 Å². The molecule has 1 aliphatic rings. The predicted octanol–water partition coefficient (Wildman–Crippen LogP) is 0.208. The van der Waals surface area contributed by atoms with Gasteiger partial charge in [0.1, 0.15) is 0 Å². The average Bonchev–Trinajstić information content (AvgIpc) is 2.60. The van der Waals surface area contributed by atoms with Crippen LogP contribution in [0.5, 0.6) is 0 Å². The first kappa shape index (κ1) is 17.8. The molecule has 7 nitrogen and oxygen atoms in total. The van der Waals surface area contributed by atoms with E-state index in [1.165, 1.54) is 6.20 Å². The molecule has 1 fully saturated rings. The van der Waals surface area contributed by atoms with Crippen molar-refractivity contribution in [3.8, 4) is 0 Å². The first-order valence-electron chi connectivity index (χ1n) is 8.04. The summed E-state index contributed by atoms with van der Waals surface area (Å²) in [5.41, 5.74) is 1.71. The standard InChI is InChI=1S/C16H25N3O4/c1-2-4-19(18-5-8-23-9-6-18)16(22)15-11-17-10-13(12-21)14(15)3-7-20/h10-11,20-21H,2-9,12H2,1H3. The van der Waals surface area contributed by atoms with Crippen molar-refractivity contribution >= 4 is 5.91 Å². The summed E-state index contributed by atoms with van der Waals surface area (Å²) < 4.78 is 5.35. The summed E-state index contributed by atoms with van der Waals surface area (Å²) in [6, 6.07) is 0. The van der Waals surface area contributed by atoms with Crippen LogP contribution >= 0.6 is 0 Å². The molecule has 23 heavy (non-hydrogen) atoms. The summed E-state index contributed by atoms with van der Waals surface area (Å²) in [6.45, 7) is 4.91. The molecule has 128 valence electrons. The van der Waals surface area contributed by atoms with Crippen LogP contribution < -0.4 is 0 Å². The third-order valence-electron chi connectivity index (χ3n) is 3.91. The van der Waals surface area contributed by atoms with Crippen LogP contribution in [0.15, 0.2) is 12.4 Å². The highest BCUT2D eigenvalue weighted by atomic mass is 16.5. The molecular formula is C16H25N3O4. The van der Waals surface area contributed by atoms with Gasteiger partial charge in [0.05, 0.1) is 25.4 Å². The minimum absolute atomic E-state index is 0.0807. The first-order valence-corrected chi connectivity index (χ1v) is 8.04. The van der Waals surface area contributed by atoms with Gasteiger partial charge >= 0.3 is 0 Å². The van der Waals surface area contributed by atoms with E-state index in [2.05, 4.69) is 4.98 Å². The van der Waals surface area contributed by atoms with Crippen LogP contribution in [0.1, 0.15) is 34.8 Å². The Morgan fingerprint density at radius 1 is 1.35 bits per heavy atom. The van der Waals surface area contributed by atoms with E-state index in [9.17, 15) is 15.0 Å². The number of hydrazine groups is 1. The lowest BCUT2D eigenvalue weighted by Crippen LogP contribution is -2.52. The number of carbonyl (C=O) groups is 1. The van der Waals surface area contributed by atoms with Gasteiger partial charge in [0.25, 0.3) is 5.91 Å². The molecule has 1 aromatic heterocycles. The fourth-order valence-corrected chi connectivity index (χ4v) is 2.78. The topological polar surface area (TPSA) is 86.1 Å². The van der Waals surface area contributed by atoms with E-state index >= 15 is 0 Å². The normalized spacial score (nSPS) is 15.6. The number of hydrogen-bond acceptors (Lipinski definition) is 6. The van der Waals surface area contributed by atoms with Gasteiger partial charge in [-0.2, -0.15) is 0 Å². The van der Waals surface area contributed by atoms with Crippen molar-refractivity contribution in [3.05, 3.63) is 29.1 Å². The average molecular weight is 323 g/mol. The summed E-state index contributed by atoms with van der Waals surface area (Å²) >= 11 is 0. The molecule has 0 aromatic carbocycles. The van der Waals surface area contributed by atoms with Crippen LogP contribution in [0.3, 0.4) is 0 Å². The summed E-state index contributed by atoms with van der Waals surface area (Å²) in [5.74, 6) is -0.139. The highest BCUT2D eigenvalue weighted by molar-refractivity contribution is 5.95. The molecule has 0 bridgehead atoms. The zero-order valence-electron chi connectivity index (χ0n) is 13.6. The van der Waals surface area contributed by atoms with Gasteiger partial charge in [0.2, 0.25) is 0 Å². The molecule has 0 unspecified atom stereocenters. The number of morpholine rings is 1.